The molecule has 5 heteroatoms. The standard InChI is InChI=1S/C8H11N5/c1-3-9-8-7-6(10-4-11-8)5(2)12-13-7/h4H,3H2,1-2H3,(H,12,13)(H,9,10,11). The Balaban J connectivity index is 2.63. The van der Waals surface area contributed by atoms with Gasteiger partial charge < -0.3 is 5.32 Å². The van der Waals surface area contributed by atoms with Crippen LogP contribution >= 0.6 is 0 Å². The topological polar surface area (TPSA) is 66.5 Å². The zero-order valence-corrected chi connectivity index (χ0v) is 7.63. The molecular formula is C8H11N5. The molecule has 0 aliphatic carbocycles. The number of hydrogen-bond donors (Lipinski definition) is 2. The van der Waals surface area contributed by atoms with Gasteiger partial charge in [-0.2, -0.15) is 5.10 Å². The minimum absolute atomic E-state index is 0.789. The minimum Gasteiger partial charge on any atom is -0.368 e. The first-order chi connectivity index (χ1) is 6.33. The van der Waals surface area contributed by atoms with Gasteiger partial charge in [0.15, 0.2) is 11.3 Å². The van der Waals surface area contributed by atoms with Gasteiger partial charge in [0.05, 0.1) is 5.69 Å². The molecule has 0 amide bonds. The summed E-state index contributed by atoms with van der Waals surface area (Å²) in [6.07, 6.45) is 1.54. The average Bonchev–Trinajstić information content (AvgIpc) is 2.50. The molecule has 0 aromatic carbocycles. The highest BCUT2D eigenvalue weighted by atomic mass is 15.2. The summed E-state index contributed by atoms with van der Waals surface area (Å²) in [5.74, 6) is 0.789. The zero-order chi connectivity index (χ0) is 9.26. The molecule has 0 fully saturated rings. The largest absolute Gasteiger partial charge is 0.368 e. The van der Waals surface area contributed by atoms with Gasteiger partial charge in [0.2, 0.25) is 0 Å². The first-order valence-electron chi connectivity index (χ1n) is 4.22. The molecule has 2 aromatic rings. The SMILES string of the molecule is CCNc1ncnc2c(C)[nH]nc12. The summed E-state index contributed by atoms with van der Waals surface area (Å²) in [4.78, 5) is 8.24. The van der Waals surface area contributed by atoms with Crippen molar-refractivity contribution in [2.24, 2.45) is 0 Å². The molecule has 0 saturated heterocycles. The van der Waals surface area contributed by atoms with E-state index in [0.29, 0.717) is 0 Å². The Bertz CT molecular complexity index is 419. The third-order valence-corrected chi connectivity index (χ3v) is 1.86. The maximum Gasteiger partial charge on any atom is 0.157 e. The average molecular weight is 177 g/mol. The number of aryl methyl sites for hydroxylation is 1. The number of nitrogens with one attached hydrogen (secondary N) is 2. The van der Waals surface area contributed by atoms with Gasteiger partial charge in [0.1, 0.15) is 11.8 Å². The summed E-state index contributed by atoms with van der Waals surface area (Å²) < 4.78 is 0. The minimum atomic E-state index is 0.789. The normalized spacial score (nSPS) is 10.6. The molecule has 13 heavy (non-hydrogen) atoms. The summed E-state index contributed by atoms with van der Waals surface area (Å²) in [7, 11) is 0. The predicted molar refractivity (Wildman–Crippen MR) is 50.6 cm³/mol. The van der Waals surface area contributed by atoms with E-state index in [1.54, 1.807) is 6.33 Å². The van der Waals surface area contributed by atoms with Crippen molar-refractivity contribution < 1.29 is 0 Å². The van der Waals surface area contributed by atoms with Crippen LogP contribution in [0.15, 0.2) is 6.33 Å². The third-order valence-electron chi connectivity index (χ3n) is 1.86. The van der Waals surface area contributed by atoms with Crippen LogP contribution in [0.1, 0.15) is 12.6 Å². The summed E-state index contributed by atoms with van der Waals surface area (Å²) >= 11 is 0. The van der Waals surface area contributed by atoms with E-state index < -0.39 is 0 Å². The lowest BCUT2D eigenvalue weighted by Crippen LogP contribution is -2.00. The second-order valence-corrected chi connectivity index (χ2v) is 2.80. The molecule has 2 aromatic heterocycles. The maximum atomic E-state index is 4.14. The third kappa shape index (κ3) is 1.22. The maximum absolute atomic E-state index is 4.14. The van der Waals surface area contributed by atoms with E-state index in [2.05, 4.69) is 25.5 Å². The van der Waals surface area contributed by atoms with Crippen LogP contribution in [0.5, 0.6) is 0 Å². The number of rotatable bonds is 2. The molecule has 0 unspecified atom stereocenters. The monoisotopic (exact) mass is 177 g/mol. The van der Waals surface area contributed by atoms with Crippen LogP contribution < -0.4 is 5.32 Å². The van der Waals surface area contributed by atoms with Gasteiger partial charge in [0.25, 0.3) is 0 Å². The van der Waals surface area contributed by atoms with E-state index in [-0.39, 0.29) is 0 Å². The van der Waals surface area contributed by atoms with Crippen molar-refractivity contribution >= 4 is 16.9 Å². The van der Waals surface area contributed by atoms with Crippen molar-refractivity contribution in [1.82, 2.24) is 20.2 Å². The molecule has 68 valence electrons. The van der Waals surface area contributed by atoms with Crippen molar-refractivity contribution in [2.45, 2.75) is 13.8 Å². The Morgan fingerprint density at radius 2 is 2.23 bits per heavy atom. The number of aromatic amines is 1. The molecule has 5 nitrogen and oxygen atoms in total. The summed E-state index contributed by atoms with van der Waals surface area (Å²) in [6, 6.07) is 0. The Labute approximate surface area is 75.6 Å². The molecule has 0 radical (unpaired) electrons. The summed E-state index contributed by atoms with van der Waals surface area (Å²) in [5.41, 5.74) is 2.66. The van der Waals surface area contributed by atoms with E-state index in [4.69, 9.17) is 0 Å². The number of fused-ring (bicyclic) bond motifs is 1. The highest BCUT2D eigenvalue weighted by Crippen LogP contribution is 2.17. The number of nitrogens with zero attached hydrogens (tertiary/aromatic N) is 3. The Hall–Kier alpha value is -1.65. The quantitative estimate of drug-likeness (QED) is 0.720. The van der Waals surface area contributed by atoms with E-state index in [1.165, 1.54) is 0 Å². The number of anilines is 1. The van der Waals surface area contributed by atoms with Crippen LogP contribution in [0.2, 0.25) is 0 Å². The molecule has 2 heterocycles. The van der Waals surface area contributed by atoms with Crippen molar-refractivity contribution in [3.63, 3.8) is 0 Å². The number of H-pyrrole nitrogens is 1. The Kier molecular flexibility index (Phi) is 1.84. The highest BCUT2D eigenvalue weighted by molar-refractivity contribution is 5.86. The van der Waals surface area contributed by atoms with E-state index in [9.17, 15) is 0 Å². The Morgan fingerprint density at radius 1 is 1.38 bits per heavy atom. The fraction of sp³-hybridized carbons (Fsp3) is 0.375. The summed E-state index contributed by atoms with van der Waals surface area (Å²) in [6.45, 7) is 4.80. The molecule has 0 aliphatic heterocycles. The van der Waals surface area contributed by atoms with Gasteiger partial charge in [-0.3, -0.25) is 5.10 Å². The first-order valence-corrected chi connectivity index (χ1v) is 4.22. The van der Waals surface area contributed by atoms with Crippen molar-refractivity contribution in [1.29, 1.82) is 0 Å². The molecule has 2 N–H and O–H groups in total. The molecule has 2 rings (SSSR count). The van der Waals surface area contributed by atoms with E-state index >= 15 is 0 Å². The van der Waals surface area contributed by atoms with Crippen molar-refractivity contribution in [3.8, 4) is 0 Å². The molecule has 0 spiro atoms. The van der Waals surface area contributed by atoms with Crippen molar-refractivity contribution in [3.05, 3.63) is 12.0 Å². The highest BCUT2D eigenvalue weighted by Gasteiger charge is 2.07. The van der Waals surface area contributed by atoms with Gasteiger partial charge in [-0.05, 0) is 13.8 Å². The second kappa shape index (κ2) is 3.01. The Morgan fingerprint density at radius 3 is 3.00 bits per heavy atom. The van der Waals surface area contributed by atoms with E-state index in [0.717, 1.165) is 29.1 Å². The van der Waals surface area contributed by atoms with Gasteiger partial charge in [0, 0.05) is 6.54 Å². The second-order valence-electron chi connectivity index (χ2n) is 2.80. The van der Waals surface area contributed by atoms with Gasteiger partial charge in [-0.15, -0.1) is 0 Å². The molecule has 0 atom stereocenters. The molecule has 0 bridgehead atoms. The van der Waals surface area contributed by atoms with Crippen LogP contribution in [0.4, 0.5) is 5.82 Å². The first kappa shape index (κ1) is 7.97. The van der Waals surface area contributed by atoms with Crippen molar-refractivity contribution in [2.75, 3.05) is 11.9 Å². The lowest BCUT2D eigenvalue weighted by Gasteiger charge is -2.00. The fourth-order valence-electron chi connectivity index (χ4n) is 1.25. The van der Waals surface area contributed by atoms with Crippen LogP contribution in [0.3, 0.4) is 0 Å². The lowest BCUT2D eigenvalue weighted by atomic mass is 10.3. The summed E-state index contributed by atoms with van der Waals surface area (Å²) in [5, 5.41) is 10.1. The molecule has 0 aliphatic rings. The van der Waals surface area contributed by atoms with Crippen LogP contribution in [-0.2, 0) is 0 Å². The van der Waals surface area contributed by atoms with E-state index in [1.807, 2.05) is 13.8 Å². The van der Waals surface area contributed by atoms with Gasteiger partial charge in [-0.1, -0.05) is 0 Å². The fourth-order valence-corrected chi connectivity index (χ4v) is 1.25. The zero-order valence-electron chi connectivity index (χ0n) is 7.63. The lowest BCUT2D eigenvalue weighted by molar-refractivity contribution is 1.06. The number of hydrogen-bond acceptors (Lipinski definition) is 4. The number of aromatic nitrogens is 4. The predicted octanol–water partition coefficient (Wildman–Crippen LogP) is 1.09. The smallest absolute Gasteiger partial charge is 0.157 e. The van der Waals surface area contributed by atoms with Crippen LogP contribution in [0.25, 0.3) is 11.0 Å². The molecule has 0 saturated carbocycles. The van der Waals surface area contributed by atoms with Crippen LogP contribution in [-0.4, -0.2) is 26.7 Å². The van der Waals surface area contributed by atoms with Gasteiger partial charge in [-0.25, -0.2) is 9.97 Å². The van der Waals surface area contributed by atoms with Crippen LogP contribution in [0, 0.1) is 6.92 Å². The van der Waals surface area contributed by atoms with Gasteiger partial charge >= 0.3 is 0 Å². The molecular weight excluding hydrogens is 166 g/mol.